The molecule has 78 valence electrons. The van der Waals surface area contributed by atoms with Crippen LogP contribution in [-0.4, -0.2) is 19.0 Å². The van der Waals surface area contributed by atoms with Gasteiger partial charge < -0.3 is 9.15 Å². The Morgan fingerprint density at radius 1 is 1.36 bits per heavy atom. The molecular formula is C10H13BrO2S. The predicted octanol–water partition coefficient (Wildman–Crippen LogP) is 3.02. The fourth-order valence-corrected chi connectivity index (χ4v) is 2.62. The maximum atomic E-state index is 5.63. The zero-order valence-electron chi connectivity index (χ0n) is 7.83. The first kappa shape index (κ1) is 10.6. The lowest BCUT2D eigenvalue weighted by Crippen LogP contribution is -2.35. The van der Waals surface area contributed by atoms with Crippen LogP contribution in [0.4, 0.5) is 0 Å². The lowest BCUT2D eigenvalue weighted by molar-refractivity contribution is 0.0505. The summed E-state index contributed by atoms with van der Waals surface area (Å²) in [4.78, 5) is 0. The minimum absolute atomic E-state index is 0.0768. The average molecular weight is 277 g/mol. The Balaban J connectivity index is 2.26. The van der Waals surface area contributed by atoms with E-state index in [-0.39, 0.29) is 5.41 Å². The minimum atomic E-state index is 0.0768. The maximum Gasteiger partial charge on any atom is 0.169 e. The van der Waals surface area contributed by atoms with Gasteiger partial charge >= 0.3 is 0 Å². The molecule has 1 aromatic heterocycles. The van der Waals surface area contributed by atoms with E-state index >= 15 is 0 Å². The molecule has 0 saturated carbocycles. The number of hydrogen-bond donors (Lipinski definition) is 1. The highest BCUT2D eigenvalue weighted by atomic mass is 79.9. The Labute approximate surface area is 97.5 Å². The summed E-state index contributed by atoms with van der Waals surface area (Å²) in [6, 6.07) is 3.97. The van der Waals surface area contributed by atoms with Gasteiger partial charge in [0, 0.05) is 24.4 Å². The van der Waals surface area contributed by atoms with E-state index in [1.54, 1.807) is 0 Å². The van der Waals surface area contributed by atoms with Gasteiger partial charge in [-0.05, 0) is 40.9 Å². The standard InChI is InChI=1S/C10H13BrO2S/c11-9-2-1-8(13-9)10(7-14)3-5-12-6-4-10/h1-2,14H,3-7H2. The molecule has 2 heterocycles. The van der Waals surface area contributed by atoms with E-state index in [1.165, 1.54) is 0 Å². The van der Waals surface area contributed by atoms with Crippen LogP contribution in [-0.2, 0) is 10.2 Å². The maximum absolute atomic E-state index is 5.63. The Kier molecular flexibility index (Phi) is 3.24. The van der Waals surface area contributed by atoms with E-state index in [2.05, 4.69) is 28.6 Å². The van der Waals surface area contributed by atoms with Crippen LogP contribution in [0.1, 0.15) is 18.6 Å². The third kappa shape index (κ3) is 1.88. The van der Waals surface area contributed by atoms with Crippen molar-refractivity contribution in [2.75, 3.05) is 19.0 Å². The van der Waals surface area contributed by atoms with Crippen LogP contribution in [0.25, 0.3) is 0 Å². The summed E-state index contributed by atoms with van der Waals surface area (Å²) in [5.74, 6) is 1.85. The Bertz CT molecular complexity index is 305. The summed E-state index contributed by atoms with van der Waals surface area (Å²) >= 11 is 7.77. The van der Waals surface area contributed by atoms with Crippen molar-refractivity contribution in [1.29, 1.82) is 0 Å². The fourth-order valence-electron chi connectivity index (χ4n) is 1.84. The topological polar surface area (TPSA) is 22.4 Å². The van der Waals surface area contributed by atoms with Gasteiger partial charge in [-0.15, -0.1) is 0 Å². The van der Waals surface area contributed by atoms with Gasteiger partial charge in [0.2, 0.25) is 0 Å². The largest absolute Gasteiger partial charge is 0.454 e. The van der Waals surface area contributed by atoms with Crippen LogP contribution in [0.2, 0.25) is 0 Å². The average Bonchev–Trinajstić information content (AvgIpc) is 2.66. The van der Waals surface area contributed by atoms with E-state index in [9.17, 15) is 0 Å². The molecule has 0 spiro atoms. The molecule has 0 aliphatic carbocycles. The second kappa shape index (κ2) is 4.29. The van der Waals surface area contributed by atoms with Crippen molar-refractivity contribution in [3.05, 3.63) is 22.6 Å². The quantitative estimate of drug-likeness (QED) is 0.839. The molecule has 14 heavy (non-hydrogen) atoms. The highest BCUT2D eigenvalue weighted by molar-refractivity contribution is 9.10. The van der Waals surface area contributed by atoms with Crippen molar-refractivity contribution in [2.45, 2.75) is 18.3 Å². The van der Waals surface area contributed by atoms with Gasteiger partial charge in [-0.2, -0.15) is 12.6 Å². The molecule has 2 nitrogen and oxygen atoms in total. The molecule has 1 aromatic rings. The zero-order chi connectivity index (χ0) is 10.0. The van der Waals surface area contributed by atoms with Crippen LogP contribution in [0.3, 0.4) is 0 Å². The first-order valence-corrected chi connectivity index (χ1v) is 6.14. The second-order valence-electron chi connectivity index (χ2n) is 3.65. The number of thiol groups is 1. The normalized spacial score (nSPS) is 21.0. The van der Waals surface area contributed by atoms with Crippen LogP contribution < -0.4 is 0 Å². The van der Waals surface area contributed by atoms with Gasteiger partial charge in [-0.1, -0.05) is 0 Å². The van der Waals surface area contributed by atoms with Gasteiger partial charge in [-0.25, -0.2) is 0 Å². The molecule has 0 N–H and O–H groups in total. The van der Waals surface area contributed by atoms with Crippen molar-refractivity contribution >= 4 is 28.6 Å². The van der Waals surface area contributed by atoms with Crippen molar-refractivity contribution in [3.8, 4) is 0 Å². The molecular weight excluding hydrogens is 264 g/mol. The van der Waals surface area contributed by atoms with Gasteiger partial charge in [0.05, 0.1) is 0 Å². The Morgan fingerprint density at radius 2 is 2.07 bits per heavy atom. The van der Waals surface area contributed by atoms with Crippen molar-refractivity contribution in [2.24, 2.45) is 0 Å². The summed E-state index contributed by atoms with van der Waals surface area (Å²) in [6.45, 7) is 1.61. The van der Waals surface area contributed by atoms with Crippen molar-refractivity contribution in [3.63, 3.8) is 0 Å². The van der Waals surface area contributed by atoms with Crippen LogP contribution >= 0.6 is 28.6 Å². The van der Waals surface area contributed by atoms with Gasteiger partial charge in [0.25, 0.3) is 0 Å². The summed E-state index contributed by atoms with van der Waals surface area (Å²) in [6.07, 6.45) is 1.99. The third-order valence-electron chi connectivity index (χ3n) is 2.85. The summed E-state index contributed by atoms with van der Waals surface area (Å²) < 4.78 is 11.8. The fraction of sp³-hybridized carbons (Fsp3) is 0.600. The summed E-state index contributed by atoms with van der Waals surface area (Å²) in [7, 11) is 0. The van der Waals surface area contributed by atoms with E-state index in [0.717, 1.165) is 42.2 Å². The highest BCUT2D eigenvalue weighted by Gasteiger charge is 2.35. The Hall–Kier alpha value is 0.0700. The van der Waals surface area contributed by atoms with Gasteiger partial charge in [0.15, 0.2) is 4.67 Å². The SMILES string of the molecule is SCC1(c2ccc(Br)o2)CCOCC1. The predicted molar refractivity (Wildman–Crippen MR) is 62.0 cm³/mol. The lowest BCUT2D eigenvalue weighted by atomic mass is 9.80. The smallest absolute Gasteiger partial charge is 0.169 e. The molecule has 0 radical (unpaired) electrons. The summed E-state index contributed by atoms with van der Waals surface area (Å²) in [5, 5.41) is 0. The first-order chi connectivity index (χ1) is 6.77. The van der Waals surface area contributed by atoms with Crippen LogP contribution in [0.15, 0.2) is 21.2 Å². The number of ether oxygens (including phenoxy) is 1. The first-order valence-electron chi connectivity index (χ1n) is 4.71. The molecule has 2 rings (SSSR count). The molecule has 0 unspecified atom stereocenters. The molecule has 4 heteroatoms. The summed E-state index contributed by atoms with van der Waals surface area (Å²) in [5.41, 5.74) is 0.0768. The lowest BCUT2D eigenvalue weighted by Gasteiger charge is -2.33. The van der Waals surface area contributed by atoms with Crippen molar-refractivity contribution < 1.29 is 9.15 Å². The Morgan fingerprint density at radius 3 is 2.57 bits per heavy atom. The van der Waals surface area contributed by atoms with E-state index in [1.807, 2.05) is 12.1 Å². The molecule has 1 aliphatic rings. The highest BCUT2D eigenvalue weighted by Crippen LogP contribution is 2.37. The van der Waals surface area contributed by atoms with Gasteiger partial charge in [-0.3, -0.25) is 0 Å². The minimum Gasteiger partial charge on any atom is -0.454 e. The zero-order valence-corrected chi connectivity index (χ0v) is 10.3. The van der Waals surface area contributed by atoms with E-state index < -0.39 is 0 Å². The van der Waals surface area contributed by atoms with Gasteiger partial charge in [0.1, 0.15) is 5.76 Å². The number of furan rings is 1. The molecule has 1 saturated heterocycles. The molecule has 0 aromatic carbocycles. The second-order valence-corrected chi connectivity index (χ2v) is 4.75. The van der Waals surface area contributed by atoms with Crippen molar-refractivity contribution in [1.82, 2.24) is 0 Å². The molecule has 1 aliphatic heterocycles. The van der Waals surface area contributed by atoms with Crippen LogP contribution in [0, 0.1) is 0 Å². The number of halogens is 1. The van der Waals surface area contributed by atoms with E-state index in [0.29, 0.717) is 0 Å². The van der Waals surface area contributed by atoms with E-state index in [4.69, 9.17) is 9.15 Å². The molecule has 0 atom stereocenters. The molecule has 0 bridgehead atoms. The number of hydrogen-bond acceptors (Lipinski definition) is 3. The number of rotatable bonds is 2. The molecule has 0 amide bonds. The molecule has 1 fully saturated rings. The van der Waals surface area contributed by atoms with Crippen LogP contribution in [0.5, 0.6) is 0 Å². The third-order valence-corrected chi connectivity index (χ3v) is 3.88. The monoisotopic (exact) mass is 276 g/mol.